The zero-order valence-corrected chi connectivity index (χ0v) is 19.3. The Morgan fingerprint density at radius 2 is 1.85 bits per heavy atom. The highest BCUT2D eigenvalue weighted by Crippen LogP contribution is 2.36. The summed E-state index contributed by atoms with van der Waals surface area (Å²) in [7, 11) is 1.66. The molecule has 2 atom stereocenters. The van der Waals surface area contributed by atoms with Crippen LogP contribution in [-0.4, -0.2) is 49.9 Å². The van der Waals surface area contributed by atoms with Crippen LogP contribution in [-0.2, 0) is 4.79 Å². The Balaban J connectivity index is 1.93. The number of likely N-dealkylation sites (N-methyl/N-ethyl adjacent to an activating group) is 1. The number of nitrogens with zero attached hydrogens (tertiary/aromatic N) is 5. The minimum absolute atomic E-state index is 0.0308. The molecule has 33 heavy (non-hydrogen) atoms. The molecule has 1 aliphatic rings. The first kappa shape index (κ1) is 22.4. The Kier molecular flexibility index (Phi) is 5.88. The van der Waals surface area contributed by atoms with Crippen molar-refractivity contribution in [3.05, 3.63) is 75.5 Å². The molecule has 4 rings (SSSR count). The molecule has 0 radical (unpaired) electrons. The van der Waals surface area contributed by atoms with E-state index in [1.54, 1.807) is 20.9 Å². The van der Waals surface area contributed by atoms with Crippen molar-refractivity contribution >= 4 is 11.9 Å². The van der Waals surface area contributed by atoms with E-state index in [-0.39, 0.29) is 17.5 Å². The van der Waals surface area contributed by atoms with Crippen LogP contribution < -0.4 is 10.2 Å². The van der Waals surface area contributed by atoms with Crippen LogP contribution in [0.3, 0.4) is 0 Å². The van der Waals surface area contributed by atoms with E-state index in [1.165, 1.54) is 9.58 Å². The number of fused-ring (bicyclic) bond motifs is 1. The average molecular weight is 450 g/mol. The SMILES string of the molecule is Cc1cn(C(c2ccccc2)C2CN(C)C(=O)c3c(OC(=O)C(C)C)c(=O)cnn32)nc1C. The molecule has 1 aromatic carbocycles. The van der Waals surface area contributed by atoms with E-state index >= 15 is 0 Å². The molecular formula is C24H27N5O4. The summed E-state index contributed by atoms with van der Waals surface area (Å²) >= 11 is 0. The largest absolute Gasteiger partial charge is 0.420 e. The fourth-order valence-corrected chi connectivity index (χ4v) is 3.99. The van der Waals surface area contributed by atoms with Crippen LogP contribution in [0.1, 0.15) is 53.2 Å². The lowest BCUT2D eigenvalue weighted by Gasteiger charge is -2.37. The van der Waals surface area contributed by atoms with Gasteiger partial charge in [-0.2, -0.15) is 10.2 Å². The van der Waals surface area contributed by atoms with Gasteiger partial charge in [-0.05, 0) is 25.0 Å². The zero-order chi connectivity index (χ0) is 23.9. The van der Waals surface area contributed by atoms with Gasteiger partial charge in [0.1, 0.15) is 6.04 Å². The van der Waals surface area contributed by atoms with Crippen molar-refractivity contribution in [2.45, 2.75) is 39.8 Å². The summed E-state index contributed by atoms with van der Waals surface area (Å²) in [4.78, 5) is 39.6. The summed E-state index contributed by atoms with van der Waals surface area (Å²) in [5, 5.41) is 9.04. The fourth-order valence-electron chi connectivity index (χ4n) is 3.99. The molecule has 172 valence electrons. The van der Waals surface area contributed by atoms with E-state index in [2.05, 4.69) is 5.10 Å². The highest BCUT2D eigenvalue weighted by atomic mass is 16.5. The lowest BCUT2D eigenvalue weighted by Crippen LogP contribution is -2.46. The first-order valence-electron chi connectivity index (χ1n) is 10.8. The molecule has 0 fully saturated rings. The molecule has 0 spiro atoms. The summed E-state index contributed by atoms with van der Waals surface area (Å²) < 4.78 is 8.79. The molecule has 1 amide bonds. The number of carbonyl (C=O) groups excluding carboxylic acids is 2. The topological polar surface area (TPSA) is 99.3 Å². The first-order chi connectivity index (χ1) is 15.7. The summed E-state index contributed by atoms with van der Waals surface area (Å²) in [5.41, 5.74) is 2.27. The summed E-state index contributed by atoms with van der Waals surface area (Å²) in [6, 6.07) is 9.09. The summed E-state index contributed by atoms with van der Waals surface area (Å²) in [6.45, 7) is 7.59. The molecule has 0 saturated carbocycles. The van der Waals surface area contributed by atoms with Gasteiger partial charge in [-0.3, -0.25) is 19.1 Å². The Labute approximate surface area is 191 Å². The third kappa shape index (κ3) is 4.06. The van der Waals surface area contributed by atoms with E-state index in [9.17, 15) is 14.4 Å². The van der Waals surface area contributed by atoms with Gasteiger partial charge in [-0.15, -0.1) is 0 Å². The second-order valence-electron chi connectivity index (χ2n) is 8.69. The number of hydrogen-bond acceptors (Lipinski definition) is 6. The minimum atomic E-state index is -0.611. The van der Waals surface area contributed by atoms with Crippen molar-refractivity contribution in [3.8, 4) is 5.75 Å². The van der Waals surface area contributed by atoms with Crippen molar-refractivity contribution in [1.82, 2.24) is 24.5 Å². The highest BCUT2D eigenvalue weighted by molar-refractivity contribution is 5.96. The fraction of sp³-hybridized carbons (Fsp3) is 0.375. The number of aryl methyl sites for hydroxylation is 2. The van der Waals surface area contributed by atoms with Crippen LogP contribution in [0.5, 0.6) is 5.75 Å². The van der Waals surface area contributed by atoms with Crippen molar-refractivity contribution in [2.24, 2.45) is 5.92 Å². The van der Waals surface area contributed by atoms with Gasteiger partial charge in [0.15, 0.2) is 5.69 Å². The predicted molar refractivity (Wildman–Crippen MR) is 121 cm³/mol. The maximum Gasteiger partial charge on any atom is 0.313 e. The molecule has 9 heteroatoms. The van der Waals surface area contributed by atoms with Gasteiger partial charge >= 0.3 is 5.97 Å². The lowest BCUT2D eigenvalue weighted by molar-refractivity contribution is -0.137. The third-order valence-corrected chi connectivity index (χ3v) is 5.92. The Morgan fingerprint density at radius 1 is 1.15 bits per heavy atom. The normalized spacial score (nSPS) is 16.6. The molecule has 0 saturated heterocycles. The maximum atomic E-state index is 13.2. The second-order valence-corrected chi connectivity index (χ2v) is 8.69. The van der Waals surface area contributed by atoms with Crippen LogP contribution >= 0.6 is 0 Å². The molecule has 2 aromatic heterocycles. The van der Waals surface area contributed by atoms with Gasteiger partial charge < -0.3 is 9.64 Å². The quantitative estimate of drug-likeness (QED) is 0.555. The molecule has 2 unspecified atom stereocenters. The van der Waals surface area contributed by atoms with Gasteiger partial charge in [0.25, 0.3) is 5.91 Å². The number of rotatable bonds is 5. The van der Waals surface area contributed by atoms with E-state index in [4.69, 9.17) is 9.84 Å². The van der Waals surface area contributed by atoms with Crippen LogP contribution in [0.15, 0.2) is 47.5 Å². The van der Waals surface area contributed by atoms with Crippen LogP contribution in [0, 0.1) is 19.8 Å². The van der Waals surface area contributed by atoms with Crippen LogP contribution in [0.2, 0.25) is 0 Å². The Morgan fingerprint density at radius 3 is 2.45 bits per heavy atom. The van der Waals surface area contributed by atoms with Crippen molar-refractivity contribution < 1.29 is 14.3 Å². The van der Waals surface area contributed by atoms with Gasteiger partial charge in [0, 0.05) is 19.8 Å². The molecule has 1 aliphatic heterocycles. The number of ether oxygens (including phenoxy) is 1. The Hall–Kier alpha value is -3.75. The molecule has 0 N–H and O–H groups in total. The molecule has 0 bridgehead atoms. The number of hydrogen-bond donors (Lipinski definition) is 0. The monoisotopic (exact) mass is 449 g/mol. The number of amides is 1. The predicted octanol–water partition coefficient (Wildman–Crippen LogP) is 2.53. The molecular weight excluding hydrogens is 422 g/mol. The van der Waals surface area contributed by atoms with Crippen LogP contribution in [0.4, 0.5) is 0 Å². The van der Waals surface area contributed by atoms with Gasteiger partial charge in [0.2, 0.25) is 11.2 Å². The number of aromatic nitrogens is 4. The average Bonchev–Trinajstić information content (AvgIpc) is 3.11. The molecule has 3 aromatic rings. The van der Waals surface area contributed by atoms with E-state index in [1.807, 2.05) is 55.1 Å². The summed E-state index contributed by atoms with van der Waals surface area (Å²) in [5.74, 6) is -1.76. The van der Waals surface area contributed by atoms with Gasteiger partial charge in [-0.1, -0.05) is 44.2 Å². The van der Waals surface area contributed by atoms with Crippen molar-refractivity contribution in [2.75, 3.05) is 13.6 Å². The molecule has 3 heterocycles. The van der Waals surface area contributed by atoms with E-state index in [0.717, 1.165) is 23.0 Å². The summed E-state index contributed by atoms with van der Waals surface area (Å²) in [6.07, 6.45) is 3.06. The van der Waals surface area contributed by atoms with E-state index in [0.29, 0.717) is 6.54 Å². The number of carbonyl (C=O) groups is 2. The molecule has 9 nitrogen and oxygen atoms in total. The standard InChI is InChI=1S/C24H27N5O4/c1-14(2)24(32)33-22-19(30)11-25-29-18(13-27(5)23(31)21(22)29)20(17-9-7-6-8-10-17)28-12-15(3)16(4)26-28/h6-12,14,18,20H,13H2,1-5H3. The Bertz CT molecular complexity index is 1240. The number of benzene rings is 1. The van der Waals surface area contributed by atoms with Crippen LogP contribution in [0.25, 0.3) is 0 Å². The minimum Gasteiger partial charge on any atom is -0.420 e. The van der Waals surface area contributed by atoms with Crippen molar-refractivity contribution in [1.29, 1.82) is 0 Å². The van der Waals surface area contributed by atoms with Gasteiger partial charge in [0.05, 0.1) is 23.9 Å². The molecule has 0 aliphatic carbocycles. The van der Waals surface area contributed by atoms with Crippen molar-refractivity contribution in [3.63, 3.8) is 0 Å². The highest BCUT2D eigenvalue weighted by Gasteiger charge is 2.40. The third-order valence-electron chi connectivity index (χ3n) is 5.92. The zero-order valence-electron chi connectivity index (χ0n) is 19.3. The smallest absolute Gasteiger partial charge is 0.313 e. The maximum absolute atomic E-state index is 13.2. The lowest BCUT2D eigenvalue weighted by atomic mass is 9.96. The first-order valence-corrected chi connectivity index (χ1v) is 10.8. The number of esters is 1. The van der Waals surface area contributed by atoms with E-state index < -0.39 is 29.3 Å². The second kappa shape index (κ2) is 8.65. The van der Waals surface area contributed by atoms with Gasteiger partial charge in [-0.25, -0.2) is 4.68 Å².